The average molecular weight is 320 g/mol. The van der Waals surface area contributed by atoms with E-state index in [1.165, 1.54) is 33.4 Å². The van der Waals surface area contributed by atoms with Gasteiger partial charge in [0, 0.05) is 11.3 Å². The first-order valence-electron chi connectivity index (χ1n) is 8.91. The summed E-state index contributed by atoms with van der Waals surface area (Å²) < 4.78 is 0. The summed E-state index contributed by atoms with van der Waals surface area (Å²) in [6, 6.07) is 19.6. The van der Waals surface area contributed by atoms with Gasteiger partial charge in [-0.05, 0) is 39.8 Å². The van der Waals surface area contributed by atoms with Crippen molar-refractivity contribution >= 4 is 6.08 Å². The van der Waals surface area contributed by atoms with Crippen LogP contribution in [0.3, 0.4) is 0 Å². The Bertz CT molecular complexity index is 982. The van der Waals surface area contributed by atoms with Crippen LogP contribution in [0.5, 0.6) is 0 Å². The molecule has 2 aromatic carbocycles. The van der Waals surface area contributed by atoms with Crippen LogP contribution in [0.25, 0.3) is 6.08 Å². The first-order valence-corrected chi connectivity index (χ1v) is 8.91. The summed E-state index contributed by atoms with van der Waals surface area (Å²) in [4.78, 5) is 0. The molecule has 2 aromatic rings. The van der Waals surface area contributed by atoms with Crippen LogP contribution in [0.1, 0.15) is 29.0 Å². The lowest BCUT2D eigenvalue weighted by atomic mass is 9.65. The van der Waals surface area contributed by atoms with Crippen LogP contribution in [-0.2, 0) is 5.41 Å². The van der Waals surface area contributed by atoms with E-state index in [0.29, 0.717) is 5.92 Å². The van der Waals surface area contributed by atoms with Crippen molar-refractivity contribution in [3.05, 3.63) is 125 Å². The molecule has 0 amide bonds. The van der Waals surface area contributed by atoms with E-state index >= 15 is 0 Å². The normalized spacial score (nSPS) is 26.2. The Morgan fingerprint density at radius 2 is 1.72 bits per heavy atom. The quantitative estimate of drug-likeness (QED) is 0.625. The summed E-state index contributed by atoms with van der Waals surface area (Å²) >= 11 is 0. The van der Waals surface area contributed by atoms with Crippen LogP contribution in [0.15, 0.2) is 108 Å². The Morgan fingerprint density at radius 3 is 2.60 bits per heavy atom. The third kappa shape index (κ3) is 2.07. The number of benzene rings is 2. The minimum Gasteiger partial charge on any atom is -0.0949 e. The minimum atomic E-state index is -0.162. The number of fused-ring (bicyclic) bond motifs is 2. The molecule has 25 heavy (non-hydrogen) atoms. The van der Waals surface area contributed by atoms with Crippen molar-refractivity contribution in [3.63, 3.8) is 0 Å². The van der Waals surface area contributed by atoms with Gasteiger partial charge in [0.25, 0.3) is 0 Å². The Morgan fingerprint density at radius 1 is 0.920 bits per heavy atom. The topological polar surface area (TPSA) is 0 Å². The largest absolute Gasteiger partial charge is 0.0949 e. The molecule has 0 radical (unpaired) electrons. The fraction of sp³-hybridized carbons (Fsp3) is 0.120. The molecule has 120 valence electrons. The zero-order valence-electron chi connectivity index (χ0n) is 14.2. The Hall–Kier alpha value is -2.86. The Labute approximate surface area is 149 Å². The van der Waals surface area contributed by atoms with Gasteiger partial charge in [-0.2, -0.15) is 0 Å². The molecular formula is C25H20. The second-order valence-electron chi connectivity index (χ2n) is 7.12. The molecule has 2 unspecified atom stereocenters. The fourth-order valence-corrected chi connectivity index (χ4v) is 4.46. The molecule has 5 rings (SSSR count). The monoisotopic (exact) mass is 320 g/mol. The maximum atomic E-state index is 4.30. The van der Waals surface area contributed by atoms with Crippen LogP contribution >= 0.6 is 0 Å². The van der Waals surface area contributed by atoms with E-state index in [0.717, 1.165) is 6.42 Å². The summed E-state index contributed by atoms with van der Waals surface area (Å²) in [6.45, 7) is 4.30. The third-order valence-electron chi connectivity index (χ3n) is 5.77. The van der Waals surface area contributed by atoms with Gasteiger partial charge in [0.05, 0.1) is 0 Å². The number of allylic oxidation sites excluding steroid dienone is 8. The molecule has 0 saturated carbocycles. The summed E-state index contributed by atoms with van der Waals surface area (Å²) in [7, 11) is 0. The van der Waals surface area contributed by atoms with Crippen LogP contribution in [-0.4, -0.2) is 0 Å². The van der Waals surface area contributed by atoms with E-state index in [2.05, 4.69) is 97.6 Å². The van der Waals surface area contributed by atoms with Gasteiger partial charge in [-0.25, -0.2) is 0 Å². The van der Waals surface area contributed by atoms with Crippen LogP contribution in [0, 0.1) is 0 Å². The van der Waals surface area contributed by atoms with Crippen molar-refractivity contribution in [1.29, 1.82) is 0 Å². The van der Waals surface area contributed by atoms with E-state index in [-0.39, 0.29) is 5.41 Å². The summed E-state index contributed by atoms with van der Waals surface area (Å²) in [5, 5.41) is 0. The molecule has 0 heterocycles. The molecule has 0 saturated heterocycles. The molecule has 3 aliphatic carbocycles. The van der Waals surface area contributed by atoms with Crippen molar-refractivity contribution in [1.82, 2.24) is 0 Å². The number of hydrogen-bond donors (Lipinski definition) is 0. The molecule has 0 heteroatoms. The molecular weight excluding hydrogens is 300 g/mol. The smallest absolute Gasteiger partial charge is 0.0428 e. The first kappa shape index (κ1) is 14.5. The summed E-state index contributed by atoms with van der Waals surface area (Å²) in [5.74, 6) is 0.310. The van der Waals surface area contributed by atoms with Crippen LogP contribution < -0.4 is 0 Å². The molecule has 0 bridgehead atoms. The van der Waals surface area contributed by atoms with Gasteiger partial charge >= 0.3 is 0 Å². The van der Waals surface area contributed by atoms with Gasteiger partial charge in [-0.3, -0.25) is 0 Å². The highest BCUT2D eigenvalue weighted by molar-refractivity contribution is 5.69. The van der Waals surface area contributed by atoms with Crippen LogP contribution in [0.4, 0.5) is 0 Å². The Kier molecular flexibility index (Phi) is 3.08. The molecule has 0 aliphatic heterocycles. The minimum absolute atomic E-state index is 0.162. The van der Waals surface area contributed by atoms with Crippen molar-refractivity contribution in [2.75, 3.05) is 0 Å². The highest BCUT2D eigenvalue weighted by Crippen LogP contribution is 2.51. The summed E-state index contributed by atoms with van der Waals surface area (Å²) in [6.07, 6.45) is 15.0. The maximum Gasteiger partial charge on any atom is 0.0428 e. The zero-order chi connectivity index (χ0) is 16.9. The lowest BCUT2D eigenvalue weighted by Crippen LogP contribution is -2.30. The number of rotatable bonds is 2. The number of hydrogen-bond acceptors (Lipinski definition) is 0. The zero-order valence-corrected chi connectivity index (χ0v) is 14.2. The van der Waals surface area contributed by atoms with Gasteiger partial charge in [-0.15, -0.1) is 0 Å². The van der Waals surface area contributed by atoms with Gasteiger partial charge in [0.15, 0.2) is 0 Å². The van der Waals surface area contributed by atoms with Crippen molar-refractivity contribution in [3.8, 4) is 0 Å². The van der Waals surface area contributed by atoms with E-state index in [4.69, 9.17) is 0 Å². The highest BCUT2D eigenvalue weighted by atomic mass is 14.4. The van der Waals surface area contributed by atoms with E-state index in [1.54, 1.807) is 0 Å². The second kappa shape index (κ2) is 5.32. The Balaban J connectivity index is 1.75. The molecule has 0 fully saturated rings. The van der Waals surface area contributed by atoms with E-state index in [1.807, 2.05) is 0 Å². The average Bonchev–Trinajstić information content (AvgIpc) is 3.26. The third-order valence-corrected chi connectivity index (χ3v) is 5.77. The van der Waals surface area contributed by atoms with E-state index < -0.39 is 0 Å². The molecule has 0 spiro atoms. The SMILES string of the molecule is C=C1CC=C2C=CC(c3ccccc3)(C3C=Cc4ccccc43)C=C12. The van der Waals surface area contributed by atoms with Gasteiger partial charge in [0.1, 0.15) is 0 Å². The van der Waals surface area contributed by atoms with Gasteiger partial charge < -0.3 is 0 Å². The molecule has 3 aliphatic rings. The molecule has 2 atom stereocenters. The summed E-state index contributed by atoms with van der Waals surface area (Å²) in [5.41, 5.74) is 7.80. The van der Waals surface area contributed by atoms with Crippen LogP contribution in [0.2, 0.25) is 0 Å². The second-order valence-corrected chi connectivity index (χ2v) is 7.12. The van der Waals surface area contributed by atoms with Crippen molar-refractivity contribution < 1.29 is 0 Å². The highest BCUT2D eigenvalue weighted by Gasteiger charge is 2.41. The van der Waals surface area contributed by atoms with Crippen molar-refractivity contribution in [2.45, 2.75) is 17.8 Å². The predicted octanol–water partition coefficient (Wildman–Crippen LogP) is 6.12. The maximum absolute atomic E-state index is 4.30. The predicted molar refractivity (Wildman–Crippen MR) is 105 cm³/mol. The van der Waals surface area contributed by atoms with Crippen molar-refractivity contribution in [2.24, 2.45) is 0 Å². The van der Waals surface area contributed by atoms with E-state index in [9.17, 15) is 0 Å². The molecule has 0 N–H and O–H groups in total. The fourth-order valence-electron chi connectivity index (χ4n) is 4.46. The standard InChI is InChI=1S/C25H20/c1-18-11-12-20-15-16-25(17-23(18)20,21-8-3-2-4-9-21)24-14-13-19-7-5-6-10-22(19)24/h2-10,12-17,24H,1,11H2. The lowest BCUT2D eigenvalue weighted by Gasteiger charge is -2.37. The molecule has 0 aromatic heterocycles. The molecule has 0 nitrogen and oxygen atoms in total. The lowest BCUT2D eigenvalue weighted by molar-refractivity contribution is 0.592. The van der Waals surface area contributed by atoms with Gasteiger partial charge in [-0.1, -0.05) is 97.6 Å². The first-order chi connectivity index (χ1) is 12.3. The van der Waals surface area contributed by atoms with Gasteiger partial charge in [0.2, 0.25) is 0 Å².